The van der Waals surface area contributed by atoms with E-state index in [-0.39, 0.29) is 6.42 Å². The summed E-state index contributed by atoms with van der Waals surface area (Å²) in [4.78, 5) is 11.6. The number of hydrogen-bond donors (Lipinski definition) is 1. The molecule has 0 bridgehead atoms. The summed E-state index contributed by atoms with van der Waals surface area (Å²) in [5.74, 6) is -0.213. The van der Waals surface area contributed by atoms with Crippen LogP contribution < -0.4 is 4.74 Å². The summed E-state index contributed by atoms with van der Waals surface area (Å²) < 4.78 is 38.4. The number of benzene rings is 1. The molecule has 0 unspecified atom stereocenters. The molecular weight excluding hydrogens is 380 g/mol. The number of carbonyl (C=O) groups excluding carboxylic acids is 1. The fourth-order valence-corrected chi connectivity index (χ4v) is 3.25. The van der Waals surface area contributed by atoms with Gasteiger partial charge in [-0.15, -0.1) is 0 Å². The zero-order chi connectivity index (χ0) is 20.7. The molecule has 0 aliphatic rings. The van der Waals surface area contributed by atoms with Gasteiger partial charge >= 0.3 is 16.4 Å². The smallest absolute Gasteiger partial charge is 0.397 e. The van der Waals surface area contributed by atoms with Crippen LogP contribution in [0.3, 0.4) is 0 Å². The first-order valence-electron chi connectivity index (χ1n) is 10.3. The lowest BCUT2D eigenvalue weighted by Crippen LogP contribution is -2.13. The number of ether oxygens (including phenoxy) is 1. The lowest BCUT2D eigenvalue weighted by molar-refractivity contribution is -0.134. The zero-order valence-corrected chi connectivity index (χ0v) is 17.7. The molecule has 1 aromatic rings. The van der Waals surface area contributed by atoms with Gasteiger partial charge in [-0.2, -0.15) is 8.42 Å². The van der Waals surface area contributed by atoms with Crippen LogP contribution in [0.25, 0.3) is 0 Å². The molecule has 0 amide bonds. The van der Waals surface area contributed by atoms with Gasteiger partial charge in [0.15, 0.2) is 0 Å². The normalized spacial score (nSPS) is 11.5. The van der Waals surface area contributed by atoms with Gasteiger partial charge in [0.2, 0.25) is 0 Å². The van der Waals surface area contributed by atoms with Crippen molar-refractivity contribution in [1.29, 1.82) is 0 Å². The Bertz CT molecular complexity index is 639. The molecule has 7 heteroatoms. The highest BCUT2D eigenvalue weighted by atomic mass is 32.3. The number of carbonyl (C=O) groups is 1. The number of unbranched alkanes of at least 4 members (excludes halogenated alkanes) is 9. The van der Waals surface area contributed by atoms with E-state index in [2.05, 4.69) is 11.1 Å². The molecule has 0 aliphatic heterocycles. The Labute approximate surface area is 169 Å². The van der Waals surface area contributed by atoms with Crippen molar-refractivity contribution in [2.24, 2.45) is 0 Å². The first-order valence-corrected chi connectivity index (χ1v) is 11.7. The van der Waals surface area contributed by atoms with Gasteiger partial charge in [0.1, 0.15) is 5.75 Å². The van der Waals surface area contributed by atoms with Crippen LogP contribution in [-0.4, -0.2) is 25.5 Å². The van der Waals surface area contributed by atoms with Gasteiger partial charge in [-0.25, -0.2) is 4.18 Å². The Morgan fingerprint density at radius 1 is 0.893 bits per heavy atom. The van der Waals surface area contributed by atoms with Crippen molar-refractivity contribution >= 4 is 16.4 Å². The van der Waals surface area contributed by atoms with E-state index >= 15 is 0 Å². The molecule has 1 aromatic carbocycles. The van der Waals surface area contributed by atoms with Gasteiger partial charge < -0.3 is 4.74 Å². The lowest BCUT2D eigenvalue weighted by atomic mass is 10.0. The molecule has 0 aromatic heterocycles. The molecule has 0 saturated carbocycles. The SMILES string of the molecule is CCCCCCCCCCCCc1ccc(OC(=O)CCOS(=O)(=O)O)cc1. The van der Waals surface area contributed by atoms with Crippen LogP contribution in [0.1, 0.15) is 83.1 Å². The van der Waals surface area contributed by atoms with Crippen molar-refractivity contribution in [3.8, 4) is 5.75 Å². The van der Waals surface area contributed by atoms with Gasteiger partial charge in [0, 0.05) is 0 Å². The molecule has 0 atom stereocenters. The van der Waals surface area contributed by atoms with E-state index in [9.17, 15) is 13.2 Å². The van der Waals surface area contributed by atoms with Crippen molar-refractivity contribution in [3.05, 3.63) is 29.8 Å². The molecule has 1 rings (SSSR count). The van der Waals surface area contributed by atoms with Crippen LogP contribution in [0.4, 0.5) is 0 Å². The first kappa shape index (κ1) is 24.6. The van der Waals surface area contributed by atoms with Crippen LogP contribution in [0, 0.1) is 0 Å². The monoisotopic (exact) mass is 414 g/mol. The third-order valence-corrected chi connectivity index (χ3v) is 4.98. The topological polar surface area (TPSA) is 89.9 Å². The summed E-state index contributed by atoms with van der Waals surface area (Å²) in [6.45, 7) is 1.79. The van der Waals surface area contributed by atoms with E-state index in [0.29, 0.717) is 5.75 Å². The predicted molar refractivity (Wildman–Crippen MR) is 110 cm³/mol. The van der Waals surface area contributed by atoms with E-state index in [1.807, 2.05) is 12.1 Å². The van der Waals surface area contributed by atoms with E-state index < -0.39 is 23.0 Å². The second-order valence-electron chi connectivity index (χ2n) is 7.05. The van der Waals surface area contributed by atoms with Crippen molar-refractivity contribution in [2.45, 2.75) is 84.0 Å². The first-order chi connectivity index (χ1) is 13.4. The zero-order valence-electron chi connectivity index (χ0n) is 16.9. The average Bonchev–Trinajstić information content (AvgIpc) is 2.63. The highest BCUT2D eigenvalue weighted by Crippen LogP contribution is 2.16. The number of esters is 1. The summed E-state index contributed by atoms with van der Waals surface area (Å²) in [5.41, 5.74) is 1.20. The molecule has 0 heterocycles. The minimum Gasteiger partial charge on any atom is -0.426 e. The van der Waals surface area contributed by atoms with Crippen molar-refractivity contribution in [2.75, 3.05) is 6.61 Å². The summed E-state index contributed by atoms with van der Waals surface area (Å²) in [7, 11) is -4.53. The minimum atomic E-state index is -4.53. The van der Waals surface area contributed by atoms with Crippen molar-refractivity contribution in [1.82, 2.24) is 0 Å². The molecule has 6 nitrogen and oxygen atoms in total. The second-order valence-corrected chi connectivity index (χ2v) is 8.14. The predicted octanol–water partition coefficient (Wildman–Crippen LogP) is 5.26. The van der Waals surface area contributed by atoms with E-state index in [1.165, 1.54) is 63.4 Å². The van der Waals surface area contributed by atoms with Crippen LogP contribution in [0.15, 0.2) is 24.3 Å². The standard InChI is InChI=1S/C21H34O6S/c1-2-3-4-5-6-7-8-9-10-11-12-19-13-15-20(16-14-19)27-21(22)17-18-26-28(23,24)25/h13-16H,2-12,17-18H2,1H3,(H,23,24,25). The van der Waals surface area contributed by atoms with E-state index in [4.69, 9.17) is 9.29 Å². The van der Waals surface area contributed by atoms with Crippen LogP contribution in [0.5, 0.6) is 5.75 Å². The second kappa shape index (κ2) is 14.5. The Kier molecular flexibility index (Phi) is 12.8. The number of hydrogen-bond acceptors (Lipinski definition) is 5. The van der Waals surface area contributed by atoms with E-state index in [1.54, 1.807) is 12.1 Å². The molecule has 0 aliphatic carbocycles. The Hall–Kier alpha value is -1.44. The molecule has 1 N–H and O–H groups in total. The van der Waals surface area contributed by atoms with Gasteiger partial charge in [-0.05, 0) is 30.5 Å². The average molecular weight is 415 g/mol. The quantitative estimate of drug-likeness (QED) is 0.172. The summed E-state index contributed by atoms with van der Waals surface area (Å²) in [6, 6.07) is 7.33. The van der Waals surface area contributed by atoms with Crippen LogP contribution >= 0.6 is 0 Å². The molecule has 0 radical (unpaired) electrons. The van der Waals surface area contributed by atoms with Crippen molar-refractivity contribution < 1.29 is 26.7 Å². The molecule has 160 valence electrons. The van der Waals surface area contributed by atoms with Crippen LogP contribution in [0.2, 0.25) is 0 Å². The maximum atomic E-state index is 11.6. The Morgan fingerprint density at radius 2 is 1.43 bits per heavy atom. The third-order valence-electron chi connectivity index (χ3n) is 4.51. The summed E-state index contributed by atoms with van der Waals surface area (Å²) in [5, 5.41) is 0. The molecule has 0 fully saturated rings. The maximum Gasteiger partial charge on any atom is 0.397 e. The number of aryl methyl sites for hydroxylation is 1. The Balaban J connectivity index is 2.10. The fraction of sp³-hybridized carbons (Fsp3) is 0.667. The summed E-state index contributed by atoms with van der Waals surface area (Å²) >= 11 is 0. The van der Waals surface area contributed by atoms with Crippen molar-refractivity contribution in [3.63, 3.8) is 0 Å². The highest BCUT2D eigenvalue weighted by molar-refractivity contribution is 7.80. The lowest BCUT2D eigenvalue weighted by Gasteiger charge is -2.06. The summed E-state index contributed by atoms with van der Waals surface area (Å²) in [6.07, 6.45) is 13.9. The highest BCUT2D eigenvalue weighted by Gasteiger charge is 2.09. The molecule has 0 spiro atoms. The fourth-order valence-electron chi connectivity index (χ4n) is 2.95. The number of rotatable bonds is 16. The molecule has 0 saturated heterocycles. The largest absolute Gasteiger partial charge is 0.426 e. The van der Waals surface area contributed by atoms with Gasteiger partial charge in [-0.3, -0.25) is 9.35 Å². The van der Waals surface area contributed by atoms with Crippen LogP contribution in [-0.2, 0) is 25.8 Å². The van der Waals surface area contributed by atoms with Gasteiger partial charge in [0.25, 0.3) is 0 Å². The Morgan fingerprint density at radius 3 is 1.96 bits per heavy atom. The van der Waals surface area contributed by atoms with Gasteiger partial charge in [-0.1, -0.05) is 76.8 Å². The molecular formula is C21H34O6S. The third kappa shape index (κ3) is 13.7. The molecule has 28 heavy (non-hydrogen) atoms. The maximum absolute atomic E-state index is 11.6. The van der Waals surface area contributed by atoms with E-state index in [0.717, 1.165) is 12.8 Å². The van der Waals surface area contributed by atoms with Gasteiger partial charge in [0.05, 0.1) is 13.0 Å². The minimum absolute atomic E-state index is 0.264.